The van der Waals surface area contributed by atoms with Gasteiger partial charge in [-0.3, -0.25) is 0 Å². The molecule has 2 aliphatic heterocycles. The van der Waals surface area contributed by atoms with Crippen LogP contribution in [0.5, 0.6) is 6.01 Å². The zero-order valence-electron chi connectivity index (χ0n) is 12.1. The molecule has 0 unspecified atom stereocenters. The molecule has 2 aliphatic rings. The Morgan fingerprint density at radius 3 is 2.62 bits per heavy atom. The van der Waals surface area contributed by atoms with Crippen molar-refractivity contribution >= 4 is 17.5 Å². The summed E-state index contributed by atoms with van der Waals surface area (Å²) >= 11 is 6.00. The SMILES string of the molecule is Clc1nc(OCC2CCOCC2)nc(N2CCCCC2)n1. The van der Waals surface area contributed by atoms with Gasteiger partial charge in [0.15, 0.2) is 0 Å². The summed E-state index contributed by atoms with van der Waals surface area (Å²) in [5.74, 6) is 1.14. The third kappa shape index (κ3) is 4.17. The summed E-state index contributed by atoms with van der Waals surface area (Å²) in [7, 11) is 0. The number of halogens is 1. The van der Waals surface area contributed by atoms with Crippen molar-refractivity contribution in [1.82, 2.24) is 15.0 Å². The summed E-state index contributed by atoms with van der Waals surface area (Å²) in [6, 6.07) is 0.335. The Kier molecular flexibility index (Phi) is 5.08. The summed E-state index contributed by atoms with van der Waals surface area (Å²) < 4.78 is 11.1. The number of hydrogen-bond acceptors (Lipinski definition) is 6. The number of aromatic nitrogens is 3. The van der Waals surface area contributed by atoms with Gasteiger partial charge in [0.05, 0.1) is 6.61 Å². The zero-order valence-corrected chi connectivity index (χ0v) is 12.9. The van der Waals surface area contributed by atoms with E-state index in [0.717, 1.165) is 39.1 Å². The van der Waals surface area contributed by atoms with Crippen molar-refractivity contribution in [3.05, 3.63) is 5.28 Å². The number of hydrogen-bond donors (Lipinski definition) is 0. The van der Waals surface area contributed by atoms with Crippen molar-refractivity contribution in [1.29, 1.82) is 0 Å². The van der Waals surface area contributed by atoms with Crippen molar-refractivity contribution in [2.45, 2.75) is 32.1 Å². The topological polar surface area (TPSA) is 60.4 Å². The average Bonchev–Trinajstić information content (AvgIpc) is 2.54. The predicted octanol–water partition coefficient (Wildman–Crippen LogP) is 2.32. The minimum atomic E-state index is 0.201. The minimum absolute atomic E-state index is 0.201. The van der Waals surface area contributed by atoms with Crippen LogP contribution in [0.3, 0.4) is 0 Å². The molecule has 6 nitrogen and oxygen atoms in total. The molecule has 1 aromatic heterocycles. The molecule has 0 spiro atoms. The first-order chi connectivity index (χ1) is 10.3. The van der Waals surface area contributed by atoms with Gasteiger partial charge in [-0.15, -0.1) is 0 Å². The highest BCUT2D eigenvalue weighted by Crippen LogP contribution is 2.21. The van der Waals surface area contributed by atoms with E-state index in [2.05, 4.69) is 19.9 Å². The molecule has 0 aromatic carbocycles. The lowest BCUT2D eigenvalue weighted by Crippen LogP contribution is -2.31. The maximum atomic E-state index is 6.00. The van der Waals surface area contributed by atoms with Crippen LogP contribution in [0.2, 0.25) is 5.28 Å². The molecule has 1 aromatic rings. The minimum Gasteiger partial charge on any atom is -0.463 e. The Morgan fingerprint density at radius 1 is 1.10 bits per heavy atom. The molecule has 3 rings (SSSR count). The lowest BCUT2D eigenvalue weighted by molar-refractivity contribution is 0.0482. The van der Waals surface area contributed by atoms with E-state index in [1.807, 2.05) is 0 Å². The highest BCUT2D eigenvalue weighted by Gasteiger charge is 2.18. The van der Waals surface area contributed by atoms with E-state index in [9.17, 15) is 0 Å². The van der Waals surface area contributed by atoms with E-state index in [4.69, 9.17) is 21.1 Å². The fraction of sp³-hybridized carbons (Fsp3) is 0.786. The third-order valence-corrected chi connectivity index (χ3v) is 4.17. The van der Waals surface area contributed by atoms with Gasteiger partial charge in [-0.2, -0.15) is 15.0 Å². The van der Waals surface area contributed by atoms with Gasteiger partial charge in [0.2, 0.25) is 11.2 Å². The number of anilines is 1. The molecule has 2 saturated heterocycles. The van der Waals surface area contributed by atoms with Crippen LogP contribution in [-0.4, -0.2) is 47.9 Å². The largest absolute Gasteiger partial charge is 0.463 e. The van der Waals surface area contributed by atoms with Gasteiger partial charge >= 0.3 is 6.01 Å². The molecule has 0 saturated carbocycles. The highest BCUT2D eigenvalue weighted by atomic mass is 35.5. The van der Waals surface area contributed by atoms with E-state index in [1.54, 1.807) is 0 Å². The average molecular weight is 313 g/mol. The Balaban J connectivity index is 1.62. The van der Waals surface area contributed by atoms with Crippen LogP contribution in [-0.2, 0) is 4.74 Å². The van der Waals surface area contributed by atoms with Gasteiger partial charge in [0.25, 0.3) is 0 Å². The number of piperidine rings is 1. The maximum absolute atomic E-state index is 6.00. The maximum Gasteiger partial charge on any atom is 0.322 e. The van der Waals surface area contributed by atoms with Crippen LogP contribution in [0.1, 0.15) is 32.1 Å². The van der Waals surface area contributed by atoms with Gasteiger partial charge in [-0.1, -0.05) is 0 Å². The van der Waals surface area contributed by atoms with Crippen molar-refractivity contribution in [3.63, 3.8) is 0 Å². The first-order valence-corrected chi connectivity index (χ1v) is 8.06. The zero-order chi connectivity index (χ0) is 14.5. The first kappa shape index (κ1) is 14.8. The predicted molar refractivity (Wildman–Crippen MR) is 79.9 cm³/mol. The first-order valence-electron chi connectivity index (χ1n) is 7.68. The van der Waals surface area contributed by atoms with E-state index < -0.39 is 0 Å². The van der Waals surface area contributed by atoms with Crippen LogP contribution >= 0.6 is 11.6 Å². The van der Waals surface area contributed by atoms with Crippen LogP contribution in [0.25, 0.3) is 0 Å². The molecule has 0 radical (unpaired) electrons. The molecule has 7 heteroatoms. The van der Waals surface area contributed by atoms with Gasteiger partial charge < -0.3 is 14.4 Å². The molecule has 3 heterocycles. The molecule has 0 aliphatic carbocycles. The number of rotatable bonds is 4. The Hall–Kier alpha value is -1.14. The standard InChI is InChI=1S/C14H21ClN4O2/c15-12-16-13(19-6-2-1-3-7-19)18-14(17-12)21-10-11-4-8-20-9-5-11/h11H,1-10H2. The summed E-state index contributed by atoms with van der Waals surface area (Å²) in [5.41, 5.74) is 0. The molecule has 0 N–H and O–H groups in total. The smallest absolute Gasteiger partial charge is 0.322 e. The van der Waals surface area contributed by atoms with Gasteiger partial charge in [-0.25, -0.2) is 0 Å². The van der Waals surface area contributed by atoms with E-state index in [0.29, 0.717) is 24.5 Å². The molecule has 0 amide bonds. The summed E-state index contributed by atoms with van der Waals surface area (Å²) in [6.07, 6.45) is 5.65. The number of nitrogens with zero attached hydrogens (tertiary/aromatic N) is 4. The third-order valence-electron chi connectivity index (χ3n) is 4.00. The van der Waals surface area contributed by atoms with Crippen molar-refractivity contribution in [2.75, 3.05) is 37.8 Å². The monoisotopic (exact) mass is 312 g/mol. The second kappa shape index (κ2) is 7.22. The lowest BCUT2D eigenvalue weighted by atomic mass is 10.0. The fourth-order valence-electron chi connectivity index (χ4n) is 2.73. The quantitative estimate of drug-likeness (QED) is 0.850. The molecule has 0 bridgehead atoms. The van der Waals surface area contributed by atoms with Crippen molar-refractivity contribution in [2.24, 2.45) is 5.92 Å². The Labute approximate surface area is 129 Å². The normalized spacial score (nSPS) is 20.5. The molecular formula is C14H21ClN4O2. The van der Waals surface area contributed by atoms with Gasteiger partial charge in [0, 0.05) is 26.3 Å². The summed E-state index contributed by atoms with van der Waals surface area (Å²) in [6.45, 7) is 4.18. The molecule has 2 fully saturated rings. The van der Waals surface area contributed by atoms with Gasteiger partial charge in [-0.05, 0) is 49.6 Å². The van der Waals surface area contributed by atoms with Crippen LogP contribution in [0.15, 0.2) is 0 Å². The van der Waals surface area contributed by atoms with Crippen LogP contribution in [0.4, 0.5) is 5.95 Å². The Morgan fingerprint density at radius 2 is 1.86 bits per heavy atom. The van der Waals surface area contributed by atoms with Crippen molar-refractivity contribution in [3.8, 4) is 6.01 Å². The second-order valence-electron chi connectivity index (χ2n) is 5.60. The molecule has 21 heavy (non-hydrogen) atoms. The second-order valence-corrected chi connectivity index (χ2v) is 5.94. The molecular weight excluding hydrogens is 292 g/mol. The fourth-order valence-corrected chi connectivity index (χ4v) is 2.88. The summed E-state index contributed by atoms with van der Waals surface area (Å²) in [4.78, 5) is 14.9. The van der Waals surface area contributed by atoms with Crippen LogP contribution in [0, 0.1) is 5.92 Å². The van der Waals surface area contributed by atoms with E-state index in [-0.39, 0.29) is 5.28 Å². The number of ether oxygens (including phenoxy) is 2. The van der Waals surface area contributed by atoms with E-state index in [1.165, 1.54) is 19.3 Å². The molecule has 0 atom stereocenters. The molecule has 116 valence electrons. The van der Waals surface area contributed by atoms with E-state index >= 15 is 0 Å². The Bertz CT molecular complexity index is 462. The highest BCUT2D eigenvalue weighted by molar-refractivity contribution is 6.28. The van der Waals surface area contributed by atoms with Crippen molar-refractivity contribution < 1.29 is 9.47 Å². The van der Waals surface area contributed by atoms with Gasteiger partial charge in [0.1, 0.15) is 0 Å². The lowest BCUT2D eigenvalue weighted by Gasteiger charge is -2.26. The van der Waals surface area contributed by atoms with Crippen LogP contribution < -0.4 is 9.64 Å². The summed E-state index contributed by atoms with van der Waals surface area (Å²) in [5, 5.41) is 0.201.